The Morgan fingerprint density at radius 1 is 0.944 bits per heavy atom. The number of hydrogen-bond acceptors (Lipinski definition) is 7. The van der Waals surface area contributed by atoms with Gasteiger partial charge in [0.25, 0.3) is 0 Å². The second-order valence-corrected chi connectivity index (χ2v) is 8.73. The number of carboxylic acids is 1. The molecule has 200 valence electrons. The third-order valence-electron chi connectivity index (χ3n) is 5.11. The number of aromatic hydroxyl groups is 1. The zero-order valence-electron chi connectivity index (χ0n) is 20.6. The van der Waals surface area contributed by atoms with Gasteiger partial charge in [-0.05, 0) is 42.9 Å². The van der Waals surface area contributed by atoms with Crippen LogP contribution in [-0.4, -0.2) is 71.1 Å². The molecule has 0 aliphatic carbocycles. The summed E-state index contributed by atoms with van der Waals surface area (Å²) in [6.45, 7) is 3.62. The number of benzene rings is 1. The fourth-order valence-corrected chi connectivity index (χ4v) is 3.34. The van der Waals surface area contributed by atoms with Crippen molar-refractivity contribution in [3.05, 3.63) is 29.8 Å². The quantitative estimate of drug-likeness (QED) is 0.0784. The zero-order chi connectivity index (χ0) is 27.3. The molecule has 0 aliphatic rings. The van der Waals surface area contributed by atoms with Crippen molar-refractivity contribution in [1.29, 1.82) is 0 Å². The second kappa shape index (κ2) is 15.2. The van der Waals surface area contributed by atoms with Crippen molar-refractivity contribution >= 4 is 29.7 Å². The van der Waals surface area contributed by atoms with Gasteiger partial charge in [-0.25, -0.2) is 4.79 Å². The molecule has 0 saturated heterocycles. The molecular formula is C23H37N7O6. The fourth-order valence-electron chi connectivity index (χ4n) is 3.34. The largest absolute Gasteiger partial charge is 0.508 e. The molecule has 0 fully saturated rings. The van der Waals surface area contributed by atoms with Gasteiger partial charge in [-0.1, -0.05) is 26.0 Å². The highest BCUT2D eigenvalue weighted by Crippen LogP contribution is 2.13. The Hall–Kier alpha value is -3.87. The molecule has 0 spiro atoms. The molecule has 0 saturated carbocycles. The Labute approximate surface area is 209 Å². The highest BCUT2D eigenvalue weighted by Gasteiger charge is 2.30. The number of aliphatic imine (C=N–C) groups is 1. The van der Waals surface area contributed by atoms with Gasteiger partial charge in [-0.2, -0.15) is 0 Å². The predicted molar refractivity (Wildman–Crippen MR) is 134 cm³/mol. The molecule has 11 N–H and O–H groups in total. The number of nitrogens with zero attached hydrogens (tertiary/aromatic N) is 1. The number of hydrogen-bond donors (Lipinski definition) is 8. The molecule has 36 heavy (non-hydrogen) atoms. The Bertz CT molecular complexity index is 916. The highest BCUT2D eigenvalue weighted by molar-refractivity contribution is 5.93. The van der Waals surface area contributed by atoms with Gasteiger partial charge in [0, 0.05) is 13.0 Å². The first kappa shape index (κ1) is 30.2. The number of nitrogens with two attached hydrogens (primary N) is 3. The maximum atomic E-state index is 13.1. The summed E-state index contributed by atoms with van der Waals surface area (Å²) in [6.07, 6.45) is 0.664. The van der Waals surface area contributed by atoms with Gasteiger partial charge in [-0.15, -0.1) is 0 Å². The van der Waals surface area contributed by atoms with E-state index < -0.39 is 41.8 Å². The van der Waals surface area contributed by atoms with Gasteiger partial charge in [0.2, 0.25) is 17.7 Å². The first-order valence-corrected chi connectivity index (χ1v) is 11.6. The van der Waals surface area contributed by atoms with Crippen molar-refractivity contribution in [1.82, 2.24) is 16.0 Å². The first-order chi connectivity index (χ1) is 16.9. The van der Waals surface area contributed by atoms with E-state index in [1.54, 1.807) is 12.1 Å². The molecule has 0 bridgehead atoms. The van der Waals surface area contributed by atoms with Crippen LogP contribution in [-0.2, 0) is 25.6 Å². The third-order valence-corrected chi connectivity index (χ3v) is 5.11. The molecule has 1 aromatic carbocycles. The number of nitrogens with one attached hydrogen (secondary N) is 3. The maximum absolute atomic E-state index is 13.1. The maximum Gasteiger partial charge on any atom is 0.326 e. The average molecular weight is 508 g/mol. The number of phenols is 1. The van der Waals surface area contributed by atoms with Gasteiger partial charge < -0.3 is 43.4 Å². The molecule has 0 aliphatic heterocycles. The van der Waals surface area contributed by atoms with E-state index in [1.165, 1.54) is 12.1 Å². The summed E-state index contributed by atoms with van der Waals surface area (Å²) >= 11 is 0. The first-order valence-electron chi connectivity index (χ1n) is 11.6. The van der Waals surface area contributed by atoms with Crippen LogP contribution in [0.15, 0.2) is 29.3 Å². The second-order valence-electron chi connectivity index (χ2n) is 8.73. The number of carbonyl (C=O) groups is 4. The van der Waals surface area contributed by atoms with Crippen molar-refractivity contribution in [2.75, 3.05) is 13.1 Å². The van der Waals surface area contributed by atoms with Gasteiger partial charge >= 0.3 is 5.97 Å². The lowest BCUT2D eigenvalue weighted by atomic mass is 10.0. The summed E-state index contributed by atoms with van der Waals surface area (Å²) in [5.41, 5.74) is 16.5. The van der Waals surface area contributed by atoms with E-state index in [2.05, 4.69) is 20.9 Å². The van der Waals surface area contributed by atoms with Gasteiger partial charge in [0.1, 0.15) is 23.9 Å². The zero-order valence-corrected chi connectivity index (χ0v) is 20.6. The van der Waals surface area contributed by atoms with Crippen LogP contribution < -0.4 is 33.2 Å². The van der Waals surface area contributed by atoms with Gasteiger partial charge in [0.15, 0.2) is 5.96 Å². The van der Waals surface area contributed by atoms with Crippen LogP contribution in [0.5, 0.6) is 5.75 Å². The van der Waals surface area contributed by atoms with E-state index in [0.717, 1.165) is 0 Å². The van der Waals surface area contributed by atoms with Crippen molar-refractivity contribution < 1.29 is 29.4 Å². The summed E-state index contributed by atoms with van der Waals surface area (Å²) < 4.78 is 0. The van der Waals surface area contributed by atoms with Gasteiger partial charge in [-0.3, -0.25) is 19.4 Å². The smallest absolute Gasteiger partial charge is 0.326 e. The van der Waals surface area contributed by atoms with Crippen LogP contribution in [0.3, 0.4) is 0 Å². The molecule has 0 radical (unpaired) electrons. The average Bonchev–Trinajstić information content (AvgIpc) is 2.80. The van der Waals surface area contributed by atoms with Crippen LogP contribution in [0.25, 0.3) is 0 Å². The molecule has 3 atom stereocenters. The van der Waals surface area contributed by atoms with Crippen LogP contribution in [0.4, 0.5) is 0 Å². The lowest BCUT2D eigenvalue weighted by molar-refractivity contribution is -0.142. The van der Waals surface area contributed by atoms with Crippen molar-refractivity contribution in [3.63, 3.8) is 0 Å². The molecule has 3 amide bonds. The molecule has 13 heteroatoms. The van der Waals surface area contributed by atoms with Crippen molar-refractivity contribution in [2.45, 2.75) is 57.7 Å². The minimum atomic E-state index is -1.25. The Kier molecular flexibility index (Phi) is 12.7. The number of aliphatic carboxylic acids is 1. The topological polar surface area (TPSA) is 235 Å². The van der Waals surface area contributed by atoms with E-state index in [4.69, 9.17) is 17.2 Å². The van der Waals surface area contributed by atoms with Crippen LogP contribution in [0.2, 0.25) is 0 Å². The van der Waals surface area contributed by atoms with Crippen LogP contribution in [0.1, 0.15) is 38.7 Å². The summed E-state index contributed by atoms with van der Waals surface area (Å²) in [7, 11) is 0. The molecule has 0 heterocycles. The Balaban J connectivity index is 3.08. The lowest BCUT2D eigenvalue weighted by Gasteiger charge is -2.25. The van der Waals surface area contributed by atoms with E-state index >= 15 is 0 Å². The SMILES string of the molecule is CC(C)CC(NC(=O)CN)C(=O)NC(Cc1ccc(O)cc1)C(=O)NC(CCCN=C(N)N)C(=O)O. The van der Waals surface area contributed by atoms with Crippen molar-refractivity contribution in [3.8, 4) is 5.75 Å². The summed E-state index contributed by atoms with van der Waals surface area (Å²) in [5, 5.41) is 26.7. The Morgan fingerprint density at radius 3 is 2.06 bits per heavy atom. The molecule has 1 rings (SSSR count). The number of guanidine groups is 1. The molecule has 1 aromatic rings. The van der Waals surface area contributed by atoms with E-state index in [0.29, 0.717) is 18.4 Å². The summed E-state index contributed by atoms with van der Waals surface area (Å²) in [6, 6.07) is 2.67. The minimum absolute atomic E-state index is 0.0113. The normalized spacial score (nSPS) is 13.2. The fraction of sp³-hybridized carbons (Fsp3) is 0.522. The number of phenolic OH excluding ortho intramolecular Hbond substituents is 1. The van der Waals surface area contributed by atoms with E-state index in [1.807, 2.05) is 13.8 Å². The lowest BCUT2D eigenvalue weighted by Crippen LogP contribution is -2.57. The third kappa shape index (κ3) is 11.5. The number of carbonyl (C=O) groups excluding carboxylic acids is 3. The molecule has 3 unspecified atom stereocenters. The minimum Gasteiger partial charge on any atom is -0.508 e. The van der Waals surface area contributed by atoms with Crippen LogP contribution in [0, 0.1) is 5.92 Å². The predicted octanol–water partition coefficient (Wildman–Crippen LogP) is -1.47. The molecular weight excluding hydrogens is 470 g/mol. The Morgan fingerprint density at radius 2 is 1.53 bits per heavy atom. The van der Waals surface area contributed by atoms with Crippen LogP contribution >= 0.6 is 0 Å². The molecule has 13 nitrogen and oxygen atoms in total. The highest BCUT2D eigenvalue weighted by atomic mass is 16.4. The monoisotopic (exact) mass is 507 g/mol. The summed E-state index contributed by atoms with van der Waals surface area (Å²) in [5.74, 6) is -3.16. The number of rotatable bonds is 15. The number of carboxylic acid groups (broad SMARTS) is 1. The number of amides is 3. The van der Waals surface area contributed by atoms with E-state index in [-0.39, 0.29) is 43.6 Å². The molecule has 0 aromatic heterocycles. The van der Waals surface area contributed by atoms with Crippen molar-refractivity contribution in [2.24, 2.45) is 28.1 Å². The van der Waals surface area contributed by atoms with Gasteiger partial charge in [0.05, 0.1) is 6.54 Å². The van der Waals surface area contributed by atoms with E-state index in [9.17, 15) is 29.4 Å². The summed E-state index contributed by atoms with van der Waals surface area (Å²) in [4.78, 5) is 53.5. The standard InChI is InChI=1S/C23H37N7O6/c1-13(2)10-17(28-19(32)12-24)20(33)30-18(11-14-5-7-15(31)8-6-14)21(34)29-16(22(35)36)4-3-9-27-23(25)26/h5-8,13,16-18,31H,3-4,9-12,24H2,1-2H3,(H,28,32)(H,29,34)(H,30,33)(H,35,36)(H4,25,26,27).